The lowest BCUT2D eigenvalue weighted by atomic mass is 10.1. The summed E-state index contributed by atoms with van der Waals surface area (Å²) in [4.78, 5) is 11.3. The molecule has 0 saturated carbocycles. The van der Waals surface area contributed by atoms with E-state index in [-0.39, 0.29) is 0 Å². The molecule has 0 atom stereocenters. The zero-order chi connectivity index (χ0) is 16.5. The second-order valence-electron chi connectivity index (χ2n) is 5.96. The van der Waals surface area contributed by atoms with Gasteiger partial charge in [-0.3, -0.25) is 0 Å². The highest BCUT2D eigenvalue weighted by Crippen LogP contribution is 2.25. The Labute approximate surface area is 140 Å². The van der Waals surface area contributed by atoms with Crippen LogP contribution in [0.25, 0.3) is 5.69 Å². The first-order valence-electron chi connectivity index (χ1n) is 7.99. The van der Waals surface area contributed by atoms with Gasteiger partial charge in [-0.25, -0.2) is 9.97 Å². The van der Waals surface area contributed by atoms with E-state index in [1.807, 2.05) is 43.6 Å². The predicted molar refractivity (Wildman–Crippen MR) is 92.0 cm³/mol. The number of benzene rings is 1. The Morgan fingerprint density at radius 3 is 2.75 bits per heavy atom. The van der Waals surface area contributed by atoms with E-state index in [9.17, 15) is 5.26 Å². The quantitative estimate of drug-likeness (QED) is 0.729. The van der Waals surface area contributed by atoms with Gasteiger partial charge in [0.05, 0.1) is 18.6 Å². The SMILES string of the molecule is Cc1ccc(N2CCc3c(ncn3-c3ccccc3)C2)nc1C#N. The fourth-order valence-electron chi connectivity index (χ4n) is 3.12. The lowest BCUT2D eigenvalue weighted by Gasteiger charge is -2.28. The minimum atomic E-state index is 0.494. The maximum Gasteiger partial charge on any atom is 0.145 e. The summed E-state index contributed by atoms with van der Waals surface area (Å²) in [6, 6.07) is 16.4. The molecule has 1 aliphatic rings. The molecular weight excluding hydrogens is 298 g/mol. The van der Waals surface area contributed by atoms with Gasteiger partial charge in [0.2, 0.25) is 0 Å². The summed E-state index contributed by atoms with van der Waals surface area (Å²) in [6.07, 6.45) is 2.80. The van der Waals surface area contributed by atoms with Gasteiger partial charge in [-0.15, -0.1) is 0 Å². The van der Waals surface area contributed by atoms with Crippen molar-refractivity contribution in [3.63, 3.8) is 0 Å². The monoisotopic (exact) mass is 315 g/mol. The smallest absolute Gasteiger partial charge is 0.145 e. The molecule has 1 aliphatic heterocycles. The van der Waals surface area contributed by atoms with Crippen LogP contribution in [-0.2, 0) is 13.0 Å². The Kier molecular flexibility index (Phi) is 3.51. The molecule has 5 heteroatoms. The van der Waals surface area contributed by atoms with E-state index in [4.69, 9.17) is 0 Å². The Hall–Kier alpha value is -3.13. The van der Waals surface area contributed by atoms with Crippen LogP contribution in [0.2, 0.25) is 0 Å². The van der Waals surface area contributed by atoms with Gasteiger partial charge in [0.1, 0.15) is 17.6 Å². The van der Waals surface area contributed by atoms with Crippen LogP contribution in [0, 0.1) is 18.3 Å². The molecule has 0 N–H and O–H groups in total. The molecule has 5 nitrogen and oxygen atoms in total. The van der Waals surface area contributed by atoms with Crippen LogP contribution in [0.4, 0.5) is 5.82 Å². The fourth-order valence-corrected chi connectivity index (χ4v) is 3.12. The molecular formula is C19H17N5. The average Bonchev–Trinajstić information content (AvgIpc) is 3.06. The standard InChI is InChI=1S/C19H17N5/c1-14-7-8-19(22-16(14)11-20)23-10-9-18-17(12-23)21-13-24(18)15-5-3-2-4-6-15/h2-8,13H,9-10,12H2,1H3. The maximum atomic E-state index is 9.18. The van der Waals surface area contributed by atoms with Crippen molar-refractivity contribution >= 4 is 5.82 Å². The third-order valence-corrected chi connectivity index (χ3v) is 4.46. The number of hydrogen-bond donors (Lipinski definition) is 0. The van der Waals surface area contributed by atoms with Crippen LogP contribution in [0.3, 0.4) is 0 Å². The lowest BCUT2D eigenvalue weighted by molar-refractivity contribution is 0.689. The summed E-state index contributed by atoms with van der Waals surface area (Å²) < 4.78 is 2.16. The Bertz CT molecular complexity index is 921. The van der Waals surface area contributed by atoms with Gasteiger partial charge in [0.25, 0.3) is 0 Å². The van der Waals surface area contributed by atoms with Crippen LogP contribution in [0.15, 0.2) is 48.8 Å². The molecule has 24 heavy (non-hydrogen) atoms. The molecule has 0 radical (unpaired) electrons. The molecule has 118 valence electrons. The summed E-state index contributed by atoms with van der Waals surface area (Å²) in [5.74, 6) is 0.845. The number of aromatic nitrogens is 3. The fraction of sp³-hybridized carbons (Fsp3) is 0.211. The number of aryl methyl sites for hydroxylation is 1. The van der Waals surface area contributed by atoms with Gasteiger partial charge in [-0.2, -0.15) is 5.26 Å². The van der Waals surface area contributed by atoms with E-state index in [1.54, 1.807) is 0 Å². The van der Waals surface area contributed by atoms with E-state index in [1.165, 1.54) is 5.69 Å². The highest BCUT2D eigenvalue weighted by atomic mass is 15.2. The Morgan fingerprint density at radius 1 is 1.12 bits per heavy atom. The van der Waals surface area contributed by atoms with Gasteiger partial charge in [-0.05, 0) is 30.7 Å². The van der Waals surface area contributed by atoms with Crippen LogP contribution in [0.5, 0.6) is 0 Å². The first kappa shape index (κ1) is 14.5. The van der Waals surface area contributed by atoms with Crippen LogP contribution in [0.1, 0.15) is 22.6 Å². The van der Waals surface area contributed by atoms with Crippen molar-refractivity contribution in [3.8, 4) is 11.8 Å². The molecule has 2 aromatic heterocycles. The van der Waals surface area contributed by atoms with E-state index in [0.717, 1.165) is 42.3 Å². The number of rotatable bonds is 2. The number of para-hydroxylation sites is 1. The summed E-state index contributed by atoms with van der Waals surface area (Å²) >= 11 is 0. The summed E-state index contributed by atoms with van der Waals surface area (Å²) in [7, 11) is 0. The topological polar surface area (TPSA) is 57.7 Å². The van der Waals surface area contributed by atoms with Crippen molar-refractivity contribution in [1.29, 1.82) is 5.26 Å². The molecule has 0 saturated heterocycles. The van der Waals surface area contributed by atoms with Gasteiger partial charge in [0.15, 0.2) is 0 Å². The van der Waals surface area contributed by atoms with Crippen molar-refractivity contribution in [2.45, 2.75) is 19.9 Å². The first-order chi connectivity index (χ1) is 11.8. The predicted octanol–water partition coefficient (Wildman–Crippen LogP) is 3.01. The molecule has 0 unspecified atom stereocenters. The molecule has 1 aromatic carbocycles. The number of nitrogens with zero attached hydrogens (tertiary/aromatic N) is 5. The number of fused-ring (bicyclic) bond motifs is 1. The Balaban J connectivity index is 1.64. The number of nitriles is 1. The van der Waals surface area contributed by atoms with E-state index < -0.39 is 0 Å². The second-order valence-corrected chi connectivity index (χ2v) is 5.96. The van der Waals surface area contributed by atoms with Crippen LogP contribution < -0.4 is 4.90 Å². The highest BCUT2D eigenvalue weighted by Gasteiger charge is 2.22. The van der Waals surface area contributed by atoms with Crippen molar-refractivity contribution in [2.75, 3.05) is 11.4 Å². The zero-order valence-electron chi connectivity index (χ0n) is 13.5. The maximum absolute atomic E-state index is 9.18. The molecule has 4 rings (SSSR count). The van der Waals surface area contributed by atoms with E-state index in [0.29, 0.717) is 5.69 Å². The lowest BCUT2D eigenvalue weighted by Crippen LogP contribution is -2.32. The van der Waals surface area contributed by atoms with Crippen molar-refractivity contribution < 1.29 is 0 Å². The Morgan fingerprint density at radius 2 is 1.96 bits per heavy atom. The third-order valence-electron chi connectivity index (χ3n) is 4.46. The first-order valence-corrected chi connectivity index (χ1v) is 7.99. The normalized spacial score (nSPS) is 13.4. The van der Waals surface area contributed by atoms with Crippen molar-refractivity contribution in [2.24, 2.45) is 0 Å². The molecule has 0 spiro atoms. The minimum Gasteiger partial charge on any atom is -0.350 e. The van der Waals surface area contributed by atoms with Gasteiger partial charge in [0, 0.05) is 24.3 Å². The largest absolute Gasteiger partial charge is 0.350 e. The van der Waals surface area contributed by atoms with Crippen molar-refractivity contribution in [3.05, 3.63) is 71.4 Å². The van der Waals surface area contributed by atoms with Gasteiger partial charge < -0.3 is 9.47 Å². The molecule has 0 amide bonds. The highest BCUT2D eigenvalue weighted by molar-refractivity contribution is 5.47. The second kappa shape index (κ2) is 5.82. The molecule has 3 heterocycles. The number of anilines is 1. The van der Waals surface area contributed by atoms with E-state index in [2.05, 4.69) is 37.6 Å². The summed E-state index contributed by atoms with van der Waals surface area (Å²) in [6.45, 7) is 3.49. The zero-order valence-corrected chi connectivity index (χ0v) is 13.5. The molecule has 0 aliphatic carbocycles. The summed E-state index contributed by atoms with van der Waals surface area (Å²) in [5.41, 5.74) is 4.87. The van der Waals surface area contributed by atoms with Crippen LogP contribution >= 0.6 is 0 Å². The minimum absolute atomic E-state index is 0.494. The van der Waals surface area contributed by atoms with Crippen LogP contribution in [-0.4, -0.2) is 21.1 Å². The van der Waals surface area contributed by atoms with Gasteiger partial charge in [-0.1, -0.05) is 24.3 Å². The van der Waals surface area contributed by atoms with Gasteiger partial charge >= 0.3 is 0 Å². The number of pyridine rings is 1. The number of imidazole rings is 1. The number of hydrogen-bond acceptors (Lipinski definition) is 4. The molecule has 0 fully saturated rings. The average molecular weight is 315 g/mol. The molecule has 0 bridgehead atoms. The van der Waals surface area contributed by atoms with Crippen molar-refractivity contribution in [1.82, 2.24) is 14.5 Å². The third kappa shape index (κ3) is 2.42. The molecule has 3 aromatic rings. The van der Waals surface area contributed by atoms with E-state index >= 15 is 0 Å². The summed E-state index contributed by atoms with van der Waals surface area (Å²) in [5, 5.41) is 9.18.